The molecule has 2 N–H and O–H groups in total. The minimum Gasteiger partial charge on any atom is -0.324 e. The second kappa shape index (κ2) is 5.89. The SMILES string of the molecule is Cl.N[C@@H](CC(F)F)c1ccnc2ccccc12. The number of hydrogen-bond acceptors (Lipinski definition) is 2. The molecule has 2 nitrogen and oxygen atoms in total. The van der Waals surface area contributed by atoms with Crippen LogP contribution in [0.25, 0.3) is 10.9 Å². The summed E-state index contributed by atoms with van der Waals surface area (Å²) in [6.45, 7) is 0. The van der Waals surface area contributed by atoms with E-state index in [0.29, 0.717) is 0 Å². The minimum atomic E-state index is -2.39. The van der Waals surface area contributed by atoms with E-state index in [9.17, 15) is 8.78 Å². The number of hydrogen-bond donors (Lipinski definition) is 1. The van der Waals surface area contributed by atoms with E-state index in [4.69, 9.17) is 5.73 Å². The Morgan fingerprint density at radius 2 is 1.88 bits per heavy atom. The van der Waals surface area contributed by atoms with E-state index < -0.39 is 12.5 Å². The van der Waals surface area contributed by atoms with Crippen LogP contribution >= 0.6 is 12.4 Å². The molecular weight excluding hydrogens is 246 g/mol. The third kappa shape index (κ3) is 3.11. The molecule has 2 rings (SSSR count). The van der Waals surface area contributed by atoms with Crippen LogP contribution in [0.4, 0.5) is 8.78 Å². The van der Waals surface area contributed by atoms with Crippen LogP contribution in [-0.2, 0) is 0 Å². The monoisotopic (exact) mass is 258 g/mol. The lowest BCUT2D eigenvalue weighted by Gasteiger charge is -2.13. The quantitative estimate of drug-likeness (QED) is 0.917. The highest BCUT2D eigenvalue weighted by molar-refractivity contribution is 5.85. The average molecular weight is 259 g/mol. The maximum absolute atomic E-state index is 12.3. The van der Waals surface area contributed by atoms with Crippen molar-refractivity contribution < 1.29 is 8.78 Å². The molecule has 0 radical (unpaired) electrons. The third-order valence-corrected chi connectivity index (χ3v) is 2.51. The molecule has 0 aliphatic heterocycles. The summed E-state index contributed by atoms with van der Waals surface area (Å²) in [4.78, 5) is 4.16. The first kappa shape index (κ1) is 13.8. The summed E-state index contributed by atoms with van der Waals surface area (Å²) in [5.74, 6) is 0. The van der Waals surface area contributed by atoms with E-state index in [1.165, 1.54) is 0 Å². The molecule has 5 heteroatoms. The number of para-hydroxylation sites is 1. The highest BCUT2D eigenvalue weighted by atomic mass is 35.5. The second-order valence-corrected chi connectivity index (χ2v) is 3.65. The van der Waals surface area contributed by atoms with Crippen LogP contribution in [0.5, 0.6) is 0 Å². The van der Waals surface area contributed by atoms with Crippen molar-refractivity contribution in [1.29, 1.82) is 0 Å². The van der Waals surface area contributed by atoms with Gasteiger partial charge >= 0.3 is 0 Å². The summed E-state index contributed by atoms with van der Waals surface area (Å²) in [7, 11) is 0. The van der Waals surface area contributed by atoms with Gasteiger partial charge in [-0.2, -0.15) is 0 Å². The normalized spacial score (nSPS) is 12.5. The van der Waals surface area contributed by atoms with Gasteiger partial charge in [0.15, 0.2) is 0 Å². The van der Waals surface area contributed by atoms with Gasteiger partial charge in [-0.3, -0.25) is 4.98 Å². The van der Waals surface area contributed by atoms with Crippen LogP contribution in [0, 0.1) is 0 Å². The predicted molar refractivity (Wildman–Crippen MR) is 66.5 cm³/mol. The van der Waals surface area contributed by atoms with Crippen LogP contribution in [0.3, 0.4) is 0 Å². The second-order valence-electron chi connectivity index (χ2n) is 3.65. The fraction of sp³-hybridized carbons (Fsp3) is 0.250. The van der Waals surface area contributed by atoms with Gasteiger partial charge in [0.1, 0.15) is 0 Å². The predicted octanol–water partition coefficient (Wildman–Crippen LogP) is 3.31. The first-order chi connectivity index (χ1) is 7.68. The van der Waals surface area contributed by atoms with Gasteiger partial charge < -0.3 is 5.73 Å². The third-order valence-electron chi connectivity index (χ3n) is 2.51. The van der Waals surface area contributed by atoms with Crippen LogP contribution < -0.4 is 5.73 Å². The van der Waals surface area contributed by atoms with Crippen LogP contribution in [0.2, 0.25) is 0 Å². The Hall–Kier alpha value is -1.26. The van der Waals surface area contributed by atoms with Crippen molar-refractivity contribution in [3.8, 4) is 0 Å². The summed E-state index contributed by atoms with van der Waals surface area (Å²) < 4.78 is 24.6. The lowest BCUT2D eigenvalue weighted by molar-refractivity contribution is 0.128. The zero-order chi connectivity index (χ0) is 11.5. The van der Waals surface area contributed by atoms with Gasteiger partial charge in [0.05, 0.1) is 5.52 Å². The Kier molecular flexibility index (Phi) is 4.78. The molecule has 0 fully saturated rings. The molecule has 17 heavy (non-hydrogen) atoms. The summed E-state index contributed by atoms with van der Waals surface area (Å²) in [5, 5.41) is 0.846. The summed E-state index contributed by atoms with van der Waals surface area (Å²) >= 11 is 0. The molecule has 2 aromatic rings. The first-order valence-corrected chi connectivity index (χ1v) is 5.06. The minimum absolute atomic E-state index is 0. The molecule has 0 amide bonds. The van der Waals surface area contributed by atoms with Gasteiger partial charge in [0, 0.05) is 24.0 Å². The number of fused-ring (bicyclic) bond motifs is 1. The molecule has 0 saturated heterocycles. The molecule has 0 unspecified atom stereocenters. The molecule has 1 aromatic carbocycles. The number of alkyl halides is 2. The van der Waals surface area contributed by atoms with Gasteiger partial charge in [-0.15, -0.1) is 12.4 Å². The Morgan fingerprint density at radius 1 is 1.18 bits per heavy atom. The van der Waals surface area contributed by atoms with Gasteiger partial charge in [-0.25, -0.2) is 8.78 Å². The maximum Gasteiger partial charge on any atom is 0.240 e. The number of nitrogens with zero attached hydrogens (tertiary/aromatic N) is 1. The topological polar surface area (TPSA) is 38.9 Å². The van der Waals surface area contributed by atoms with Crippen molar-refractivity contribution in [1.82, 2.24) is 4.98 Å². The molecule has 1 atom stereocenters. The van der Waals surface area contributed by atoms with Gasteiger partial charge in [-0.05, 0) is 17.7 Å². The first-order valence-electron chi connectivity index (χ1n) is 5.06. The molecular formula is C12H13ClF2N2. The Morgan fingerprint density at radius 3 is 2.59 bits per heavy atom. The standard InChI is InChI=1S/C12H12F2N2.ClH/c13-12(14)7-10(15)8-5-6-16-11-4-2-1-3-9(8)11;/h1-6,10,12H,7,15H2;1H/t10-;/m0./s1. The lowest BCUT2D eigenvalue weighted by atomic mass is 10.0. The largest absolute Gasteiger partial charge is 0.324 e. The highest BCUT2D eigenvalue weighted by Gasteiger charge is 2.15. The molecule has 92 valence electrons. The van der Waals surface area contributed by atoms with Crippen molar-refractivity contribution in [2.75, 3.05) is 0 Å². The number of pyridine rings is 1. The Labute approximate surface area is 104 Å². The van der Waals surface area contributed by atoms with Crippen molar-refractivity contribution in [3.63, 3.8) is 0 Å². The van der Waals surface area contributed by atoms with Crippen LogP contribution in [0.15, 0.2) is 36.5 Å². The molecule has 0 spiro atoms. The number of halogens is 3. The molecule has 1 heterocycles. The fourth-order valence-corrected chi connectivity index (χ4v) is 1.76. The van der Waals surface area contributed by atoms with Gasteiger partial charge in [0.25, 0.3) is 0 Å². The zero-order valence-electron chi connectivity index (χ0n) is 9.01. The highest BCUT2D eigenvalue weighted by Crippen LogP contribution is 2.24. The Balaban J connectivity index is 0.00000144. The number of nitrogens with two attached hydrogens (primary N) is 1. The Bertz CT molecular complexity index is 485. The molecule has 0 aliphatic rings. The number of benzene rings is 1. The van der Waals surface area contributed by atoms with E-state index in [0.717, 1.165) is 16.5 Å². The van der Waals surface area contributed by atoms with E-state index >= 15 is 0 Å². The summed E-state index contributed by atoms with van der Waals surface area (Å²) in [6, 6.07) is 8.46. The summed E-state index contributed by atoms with van der Waals surface area (Å²) in [5.41, 5.74) is 7.26. The smallest absolute Gasteiger partial charge is 0.240 e. The molecule has 1 aromatic heterocycles. The number of aromatic nitrogens is 1. The van der Waals surface area contributed by atoms with E-state index in [-0.39, 0.29) is 18.8 Å². The lowest BCUT2D eigenvalue weighted by Crippen LogP contribution is -2.14. The van der Waals surface area contributed by atoms with Gasteiger partial charge in [0.2, 0.25) is 6.43 Å². The van der Waals surface area contributed by atoms with Crippen molar-refractivity contribution in [2.45, 2.75) is 18.9 Å². The van der Waals surface area contributed by atoms with Crippen LogP contribution in [0.1, 0.15) is 18.0 Å². The average Bonchev–Trinajstić information content (AvgIpc) is 2.27. The van der Waals surface area contributed by atoms with Crippen molar-refractivity contribution in [3.05, 3.63) is 42.1 Å². The van der Waals surface area contributed by atoms with E-state index in [1.54, 1.807) is 12.3 Å². The zero-order valence-corrected chi connectivity index (χ0v) is 9.83. The molecule has 0 saturated carbocycles. The van der Waals surface area contributed by atoms with Gasteiger partial charge in [-0.1, -0.05) is 18.2 Å². The molecule has 0 aliphatic carbocycles. The van der Waals surface area contributed by atoms with Crippen molar-refractivity contribution >= 4 is 23.3 Å². The van der Waals surface area contributed by atoms with Crippen molar-refractivity contribution in [2.24, 2.45) is 5.73 Å². The summed E-state index contributed by atoms with van der Waals surface area (Å²) in [6.07, 6.45) is -1.11. The van der Waals surface area contributed by atoms with Crippen LogP contribution in [-0.4, -0.2) is 11.4 Å². The fourth-order valence-electron chi connectivity index (χ4n) is 1.76. The van der Waals surface area contributed by atoms with E-state index in [2.05, 4.69) is 4.98 Å². The number of rotatable bonds is 3. The van der Waals surface area contributed by atoms with E-state index in [1.807, 2.05) is 24.3 Å². The molecule has 0 bridgehead atoms. The maximum atomic E-state index is 12.3.